The highest BCUT2D eigenvalue weighted by atomic mass is 16.5. The number of hydrazine groups is 1. The van der Waals surface area contributed by atoms with Gasteiger partial charge in [-0.05, 0) is 23.3 Å². The first-order valence-corrected chi connectivity index (χ1v) is 8.73. The first kappa shape index (κ1) is 17.5. The van der Waals surface area contributed by atoms with Gasteiger partial charge in [-0.3, -0.25) is 15.1 Å². The number of hydrogen-bond acceptors (Lipinski definition) is 4. The highest BCUT2D eigenvalue weighted by Crippen LogP contribution is 2.22. The van der Waals surface area contributed by atoms with Crippen LogP contribution >= 0.6 is 0 Å². The van der Waals surface area contributed by atoms with Crippen LogP contribution < -0.4 is 10.2 Å². The van der Waals surface area contributed by atoms with E-state index in [1.54, 1.807) is 6.92 Å². The average Bonchev–Trinajstić information content (AvgIpc) is 2.64. The minimum atomic E-state index is -0.00395. The highest BCUT2D eigenvalue weighted by molar-refractivity contribution is 5.72. The molecule has 0 aromatic heterocycles. The Kier molecular flexibility index (Phi) is 6.04. The van der Waals surface area contributed by atoms with Gasteiger partial charge in [0.15, 0.2) is 0 Å². The van der Waals surface area contributed by atoms with Crippen molar-refractivity contribution in [3.05, 3.63) is 54.6 Å². The van der Waals surface area contributed by atoms with Gasteiger partial charge in [-0.1, -0.05) is 42.5 Å². The van der Waals surface area contributed by atoms with Crippen LogP contribution in [-0.4, -0.2) is 55.1 Å². The fourth-order valence-corrected chi connectivity index (χ4v) is 2.97. The smallest absolute Gasteiger partial charge is 0.231 e. The van der Waals surface area contributed by atoms with E-state index in [0.717, 1.165) is 38.5 Å². The first-order chi connectivity index (χ1) is 12.2. The van der Waals surface area contributed by atoms with Crippen LogP contribution in [-0.2, 0) is 4.79 Å². The summed E-state index contributed by atoms with van der Waals surface area (Å²) in [5, 5.41) is 1.97. The summed E-state index contributed by atoms with van der Waals surface area (Å²) in [6.07, 6.45) is 0. The molecule has 1 aliphatic heterocycles. The molecular formula is C20H25N3O2. The number of nitrogens with zero attached hydrogens (tertiary/aromatic N) is 2. The topological polar surface area (TPSA) is 44.8 Å². The molecule has 1 amide bonds. The lowest BCUT2D eigenvalue weighted by Crippen LogP contribution is -2.53. The molecule has 0 unspecified atom stereocenters. The van der Waals surface area contributed by atoms with Crippen LogP contribution in [0.5, 0.6) is 5.75 Å². The monoisotopic (exact) mass is 339 g/mol. The Hall–Kier alpha value is -2.37. The van der Waals surface area contributed by atoms with E-state index in [1.807, 2.05) is 35.3 Å². The summed E-state index contributed by atoms with van der Waals surface area (Å²) in [5.74, 6) is 0.896. The molecule has 0 radical (unpaired) electrons. The van der Waals surface area contributed by atoms with Gasteiger partial charge in [0.25, 0.3) is 0 Å². The van der Waals surface area contributed by atoms with Crippen LogP contribution in [0.25, 0.3) is 11.1 Å². The summed E-state index contributed by atoms with van der Waals surface area (Å²) >= 11 is 0. The number of ether oxygens (including phenoxy) is 1. The number of carbonyl (C=O) groups excluding carboxylic acids is 1. The molecule has 1 heterocycles. The van der Waals surface area contributed by atoms with Crippen molar-refractivity contribution in [3.63, 3.8) is 0 Å². The Morgan fingerprint density at radius 3 is 2.24 bits per heavy atom. The Morgan fingerprint density at radius 1 is 0.960 bits per heavy atom. The summed E-state index contributed by atoms with van der Waals surface area (Å²) in [7, 11) is 0. The van der Waals surface area contributed by atoms with Crippen molar-refractivity contribution in [2.75, 3.05) is 39.3 Å². The maximum Gasteiger partial charge on any atom is 0.231 e. The molecule has 0 aliphatic carbocycles. The van der Waals surface area contributed by atoms with Crippen molar-refractivity contribution in [3.8, 4) is 16.9 Å². The SMILES string of the molecule is CC(=O)NN1CCN(CCOc2ccc(-c3ccccc3)cc2)CC1. The summed E-state index contributed by atoms with van der Waals surface area (Å²) in [5.41, 5.74) is 5.25. The molecule has 1 saturated heterocycles. The van der Waals surface area contributed by atoms with Crippen LogP contribution in [0.3, 0.4) is 0 Å². The van der Waals surface area contributed by atoms with Gasteiger partial charge in [0.05, 0.1) is 0 Å². The minimum Gasteiger partial charge on any atom is -0.492 e. The summed E-state index contributed by atoms with van der Waals surface area (Å²) in [6.45, 7) is 6.70. The molecule has 0 saturated carbocycles. The van der Waals surface area contributed by atoms with E-state index in [9.17, 15) is 4.79 Å². The van der Waals surface area contributed by atoms with Crippen molar-refractivity contribution in [2.24, 2.45) is 0 Å². The van der Waals surface area contributed by atoms with Crippen LogP contribution in [0, 0.1) is 0 Å². The maximum atomic E-state index is 11.1. The van der Waals surface area contributed by atoms with E-state index in [2.05, 4.69) is 34.6 Å². The number of amides is 1. The molecule has 2 aromatic rings. The van der Waals surface area contributed by atoms with E-state index >= 15 is 0 Å². The van der Waals surface area contributed by atoms with E-state index in [-0.39, 0.29) is 5.91 Å². The Morgan fingerprint density at radius 2 is 1.60 bits per heavy atom. The standard InChI is InChI=1S/C20H25N3O2/c1-17(24)21-23-13-11-22(12-14-23)15-16-25-20-9-7-19(8-10-20)18-5-3-2-4-6-18/h2-10H,11-16H2,1H3,(H,21,24). The lowest BCUT2D eigenvalue weighted by atomic mass is 10.1. The van der Waals surface area contributed by atoms with Crippen molar-refractivity contribution in [1.29, 1.82) is 0 Å². The predicted molar refractivity (Wildman–Crippen MR) is 99.2 cm³/mol. The van der Waals surface area contributed by atoms with Crippen LogP contribution in [0.2, 0.25) is 0 Å². The highest BCUT2D eigenvalue weighted by Gasteiger charge is 2.16. The van der Waals surface area contributed by atoms with Gasteiger partial charge in [0, 0.05) is 39.6 Å². The van der Waals surface area contributed by atoms with Crippen molar-refractivity contribution in [2.45, 2.75) is 6.92 Å². The molecule has 0 atom stereocenters. The first-order valence-electron chi connectivity index (χ1n) is 8.73. The van der Waals surface area contributed by atoms with Gasteiger partial charge in [0.2, 0.25) is 5.91 Å². The average molecular weight is 339 g/mol. The number of piperazine rings is 1. The molecule has 1 aliphatic rings. The van der Waals surface area contributed by atoms with E-state index in [4.69, 9.17) is 4.74 Å². The lowest BCUT2D eigenvalue weighted by molar-refractivity contribution is -0.124. The zero-order chi connectivity index (χ0) is 17.5. The lowest BCUT2D eigenvalue weighted by Gasteiger charge is -2.34. The summed E-state index contributed by atoms with van der Waals surface area (Å²) in [4.78, 5) is 13.4. The molecule has 1 fully saturated rings. The number of benzene rings is 2. The molecule has 5 nitrogen and oxygen atoms in total. The zero-order valence-corrected chi connectivity index (χ0v) is 14.6. The minimum absolute atomic E-state index is 0.00395. The van der Waals surface area contributed by atoms with E-state index in [1.165, 1.54) is 11.1 Å². The van der Waals surface area contributed by atoms with E-state index in [0.29, 0.717) is 6.61 Å². The zero-order valence-electron chi connectivity index (χ0n) is 14.6. The number of hydrogen-bond donors (Lipinski definition) is 1. The summed E-state index contributed by atoms with van der Waals surface area (Å²) < 4.78 is 5.87. The normalized spacial score (nSPS) is 15.7. The van der Waals surface area contributed by atoms with Gasteiger partial charge >= 0.3 is 0 Å². The van der Waals surface area contributed by atoms with Crippen molar-refractivity contribution in [1.82, 2.24) is 15.3 Å². The van der Waals surface area contributed by atoms with Crippen molar-refractivity contribution >= 4 is 5.91 Å². The quantitative estimate of drug-likeness (QED) is 0.878. The second-order valence-corrected chi connectivity index (χ2v) is 6.24. The van der Waals surface area contributed by atoms with Gasteiger partial charge < -0.3 is 4.74 Å². The fourth-order valence-electron chi connectivity index (χ4n) is 2.97. The van der Waals surface area contributed by atoms with Crippen LogP contribution in [0.4, 0.5) is 0 Å². The number of carbonyl (C=O) groups is 1. The third-order valence-electron chi connectivity index (χ3n) is 4.33. The van der Waals surface area contributed by atoms with Gasteiger partial charge in [0.1, 0.15) is 12.4 Å². The van der Waals surface area contributed by atoms with E-state index < -0.39 is 0 Å². The summed E-state index contributed by atoms with van der Waals surface area (Å²) in [6, 6.07) is 18.6. The molecule has 25 heavy (non-hydrogen) atoms. The fraction of sp³-hybridized carbons (Fsp3) is 0.350. The van der Waals surface area contributed by atoms with Gasteiger partial charge in [-0.2, -0.15) is 0 Å². The van der Waals surface area contributed by atoms with Gasteiger partial charge in [-0.25, -0.2) is 5.01 Å². The largest absolute Gasteiger partial charge is 0.492 e. The third-order valence-corrected chi connectivity index (χ3v) is 4.33. The number of rotatable bonds is 6. The number of nitrogens with one attached hydrogen (secondary N) is 1. The van der Waals surface area contributed by atoms with Gasteiger partial charge in [-0.15, -0.1) is 0 Å². The predicted octanol–water partition coefficient (Wildman–Crippen LogP) is 2.40. The maximum absolute atomic E-state index is 11.1. The second-order valence-electron chi connectivity index (χ2n) is 6.24. The molecule has 2 aromatic carbocycles. The Bertz CT molecular complexity index is 665. The molecule has 3 rings (SSSR count). The second kappa shape index (κ2) is 8.65. The molecule has 0 bridgehead atoms. The molecular weight excluding hydrogens is 314 g/mol. The Labute approximate surface area is 149 Å². The third kappa shape index (κ3) is 5.31. The molecule has 0 spiro atoms. The molecule has 1 N–H and O–H groups in total. The molecule has 132 valence electrons. The molecule has 5 heteroatoms. The van der Waals surface area contributed by atoms with Crippen molar-refractivity contribution < 1.29 is 9.53 Å². The Balaban J connectivity index is 1.40. The van der Waals surface area contributed by atoms with Crippen LogP contribution in [0.15, 0.2) is 54.6 Å². The van der Waals surface area contributed by atoms with Crippen LogP contribution in [0.1, 0.15) is 6.92 Å².